The number of rotatable bonds is 4. The Morgan fingerprint density at radius 3 is 1.54 bits per heavy atom. The second-order valence-electron chi connectivity index (χ2n) is 2.55. The van der Waals surface area contributed by atoms with Gasteiger partial charge in [0.15, 0.2) is 0 Å². The zero-order valence-corrected chi connectivity index (χ0v) is 11.6. The summed E-state index contributed by atoms with van der Waals surface area (Å²) in [7, 11) is 0.533. The van der Waals surface area contributed by atoms with Crippen molar-refractivity contribution in [2.75, 3.05) is 19.6 Å². The van der Waals surface area contributed by atoms with Crippen LogP contribution in [0.5, 0.6) is 0 Å². The summed E-state index contributed by atoms with van der Waals surface area (Å²) in [5, 5.41) is 0. The SMILES string of the molecule is CCC(=O)O[SiH3].CCN(CC)CC. The molecule has 0 saturated heterocycles. The van der Waals surface area contributed by atoms with Crippen LogP contribution in [0.2, 0.25) is 0 Å². The van der Waals surface area contributed by atoms with Gasteiger partial charge in [-0.05, 0) is 19.6 Å². The van der Waals surface area contributed by atoms with E-state index >= 15 is 0 Å². The molecule has 0 aromatic heterocycles. The first kappa shape index (κ1) is 15.1. The summed E-state index contributed by atoms with van der Waals surface area (Å²) in [6, 6.07) is 0. The van der Waals surface area contributed by atoms with Gasteiger partial charge in [-0.2, -0.15) is 0 Å². The Balaban J connectivity index is 0. The number of carbonyl (C=O) groups is 1. The van der Waals surface area contributed by atoms with E-state index in [0.717, 1.165) is 0 Å². The highest BCUT2D eigenvalue weighted by Gasteiger charge is 1.89. The molecule has 0 amide bonds. The van der Waals surface area contributed by atoms with Crippen LogP contribution in [-0.2, 0) is 9.22 Å². The van der Waals surface area contributed by atoms with Crippen molar-refractivity contribution >= 4 is 16.5 Å². The van der Waals surface area contributed by atoms with E-state index in [1.165, 1.54) is 19.6 Å². The lowest BCUT2D eigenvalue weighted by atomic mass is 10.5. The Bertz CT molecular complexity index is 105. The lowest BCUT2D eigenvalue weighted by molar-refractivity contribution is -0.133. The molecule has 80 valence electrons. The Labute approximate surface area is 85.0 Å². The molecule has 13 heavy (non-hydrogen) atoms. The lowest BCUT2D eigenvalue weighted by Crippen LogP contribution is -2.21. The van der Waals surface area contributed by atoms with Crippen LogP contribution in [0.3, 0.4) is 0 Å². The Morgan fingerprint density at radius 1 is 1.15 bits per heavy atom. The fraction of sp³-hybridized carbons (Fsp3) is 0.889. The van der Waals surface area contributed by atoms with Crippen LogP contribution in [0.1, 0.15) is 34.1 Å². The van der Waals surface area contributed by atoms with Crippen molar-refractivity contribution in [2.24, 2.45) is 0 Å². The minimum atomic E-state index is -0.0957. The van der Waals surface area contributed by atoms with Crippen molar-refractivity contribution in [3.05, 3.63) is 0 Å². The summed E-state index contributed by atoms with van der Waals surface area (Å²) in [5.74, 6) is -0.0957. The molecule has 0 rings (SSSR count). The second kappa shape index (κ2) is 11.6. The van der Waals surface area contributed by atoms with Crippen molar-refractivity contribution in [1.29, 1.82) is 0 Å². The summed E-state index contributed by atoms with van der Waals surface area (Å²) in [6.07, 6.45) is 0.503. The van der Waals surface area contributed by atoms with E-state index in [-0.39, 0.29) is 5.97 Å². The van der Waals surface area contributed by atoms with Crippen LogP contribution in [0.25, 0.3) is 0 Å². The van der Waals surface area contributed by atoms with Crippen LogP contribution in [0, 0.1) is 0 Å². The molecule has 0 N–H and O–H groups in total. The standard InChI is InChI=1S/C6H15N.C3H8O2Si/c1-4-7(5-2)6-3;1-2-3(4)5-6/h4-6H2,1-3H3;2H2,1,6H3. The van der Waals surface area contributed by atoms with E-state index in [9.17, 15) is 4.79 Å². The van der Waals surface area contributed by atoms with Crippen LogP contribution in [0.4, 0.5) is 0 Å². The lowest BCUT2D eigenvalue weighted by Gasteiger charge is -2.13. The smallest absolute Gasteiger partial charge is 0.291 e. The highest BCUT2D eigenvalue weighted by atomic mass is 28.2. The maximum absolute atomic E-state index is 9.99. The van der Waals surface area contributed by atoms with Gasteiger partial charge >= 0.3 is 0 Å². The maximum atomic E-state index is 9.99. The molecule has 0 fully saturated rings. The van der Waals surface area contributed by atoms with Crippen LogP contribution in [-0.4, -0.2) is 41.0 Å². The molecular formula is C9H23NO2Si. The first-order chi connectivity index (χ1) is 6.15. The molecule has 0 aromatic rings. The van der Waals surface area contributed by atoms with Crippen LogP contribution < -0.4 is 0 Å². The number of carbonyl (C=O) groups excluding carboxylic acids is 1. The summed E-state index contributed by atoms with van der Waals surface area (Å²) < 4.78 is 4.40. The van der Waals surface area contributed by atoms with Crippen molar-refractivity contribution < 1.29 is 9.22 Å². The molecule has 3 nitrogen and oxygen atoms in total. The molecule has 0 aliphatic heterocycles. The topological polar surface area (TPSA) is 29.5 Å². The Morgan fingerprint density at radius 2 is 1.54 bits per heavy atom. The third-order valence-electron chi connectivity index (χ3n) is 1.86. The molecule has 0 saturated carbocycles. The fourth-order valence-corrected chi connectivity index (χ4v) is 1.10. The molecule has 0 heterocycles. The zero-order chi connectivity index (χ0) is 10.7. The van der Waals surface area contributed by atoms with Crippen molar-refractivity contribution in [3.8, 4) is 0 Å². The average molecular weight is 205 g/mol. The van der Waals surface area contributed by atoms with Gasteiger partial charge in [0.25, 0.3) is 5.97 Å². The summed E-state index contributed by atoms with van der Waals surface area (Å²) >= 11 is 0. The Kier molecular flexibility index (Phi) is 13.6. The first-order valence-corrected chi connectivity index (χ1v) is 5.76. The van der Waals surface area contributed by atoms with E-state index in [1.807, 2.05) is 0 Å². The first-order valence-electron chi connectivity index (χ1n) is 4.95. The third kappa shape index (κ3) is 11.6. The average Bonchev–Trinajstić information content (AvgIpc) is 2.20. The molecular weight excluding hydrogens is 182 g/mol. The molecule has 0 atom stereocenters. The van der Waals surface area contributed by atoms with Gasteiger partial charge < -0.3 is 9.33 Å². The van der Waals surface area contributed by atoms with Gasteiger partial charge in [-0.25, -0.2) is 0 Å². The van der Waals surface area contributed by atoms with Crippen LogP contribution in [0.15, 0.2) is 0 Å². The second-order valence-corrected chi connectivity index (χ2v) is 2.96. The predicted molar refractivity (Wildman–Crippen MR) is 59.8 cm³/mol. The highest BCUT2D eigenvalue weighted by Crippen LogP contribution is 1.81. The number of hydrogen-bond donors (Lipinski definition) is 0. The molecule has 0 bridgehead atoms. The van der Waals surface area contributed by atoms with Gasteiger partial charge in [0, 0.05) is 6.42 Å². The fourth-order valence-electron chi connectivity index (χ4n) is 0.815. The molecule has 0 spiro atoms. The van der Waals surface area contributed by atoms with Gasteiger partial charge in [0.2, 0.25) is 10.5 Å². The minimum Gasteiger partial charge on any atom is -0.529 e. The molecule has 4 heteroatoms. The monoisotopic (exact) mass is 205 g/mol. The van der Waals surface area contributed by atoms with Crippen molar-refractivity contribution in [3.63, 3.8) is 0 Å². The van der Waals surface area contributed by atoms with Crippen LogP contribution >= 0.6 is 0 Å². The molecule has 0 aliphatic rings. The van der Waals surface area contributed by atoms with Gasteiger partial charge in [0.05, 0.1) is 0 Å². The van der Waals surface area contributed by atoms with E-state index in [1.54, 1.807) is 6.92 Å². The van der Waals surface area contributed by atoms with E-state index in [4.69, 9.17) is 0 Å². The summed E-state index contributed by atoms with van der Waals surface area (Å²) in [4.78, 5) is 12.4. The number of hydrogen-bond acceptors (Lipinski definition) is 3. The summed E-state index contributed by atoms with van der Waals surface area (Å²) in [5.41, 5.74) is 0. The quantitative estimate of drug-likeness (QED) is 0.628. The van der Waals surface area contributed by atoms with Gasteiger partial charge in [-0.1, -0.05) is 27.7 Å². The van der Waals surface area contributed by atoms with Gasteiger partial charge in [-0.15, -0.1) is 0 Å². The van der Waals surface area contributed by atoms with E-state index in [0.29, 0.717) is 16.9 Å². The predicted octanol–water partition coefficient (Wildman–Crippen LogP) is 0.568. The molecule has 0 aromatic carbocycles. The highest BCUT2D eigenvalue weighted by molar-refractivity contribution is 6.05. The van der Waals surface area contributed by atoms with Gasteiger partial charge in [-0.3, -0.25) is 4.79 Å². The minimum absolute atomic E-state index is 0.0957. The summed E-state index contributed by atoms with van der Waals surface area (Å²) in [6.45, 7) is 11.9. The van der Waals surface area contributed by atoms with E-state index in [2.05, 4.69) is 30.1 Å². The normalized spacial score (nSPS) is 9.31. The molecule has 0 unspecified atom stereocenters. The maximum Gasteiger partial charge on any atom is 0.291 e. The van der Waals surface area contributed by atoms with Crippen molar-refractivity contribution in [2.45, 2.75) is 34.1 Å². The van der Waals surface area contributed by atoms with Gasteiger partial charge in [0.1, 0.15) is 0 Å². The zero-order valence-electron chi connectivity index (χ0n) is 9.59. The third-order valence-corrected chi connectivity index (χ3v) is 2.31. The number of nitrogens with zero attached hydrogens (tertiary/aromatic N) is 1. The largest absolute Gasteiger partial charge is 0.529 e. The molecule has 0 aliphatic carbocycles. The molecule has 0 radical (unpaired) electrons. The Hall–Kier alpha value is -0.353. The van der Waals surface area contributed by atoms with E-state index < -0.39 is 0 Å². The van der Waals surface area contributed by atoms with Crippen molar-refractivity contribution in [1.82, 2.24) is 4.90 Å².